The zero-order valence-electron chi connectivity index (χ0n) is 12.0. The summed E-state index contributed by atoms with van der Waals surface area (Å²) in [7, 11) is 1.65. The Morgan fingerprint density at radius 2 is 2.10 bits per heavy atom. The van der Waals surface area contributed by atoms with E-state index in [2.05, 4.69) is 15.3 Å². The lowest BCUT2D eigenvalue weighted by atomic mass is 10.2. The van der Waals surface area contributed by atoms with Gasteiger partial charge in [0.05, 0.1) is 11.8 Å². The highest BCUT2D eigenvalue weighted by Crippen LogP contribution is 2.17. The first-order valence-corrected chi connectivity index (χ1v) is 6.67. The topological polar surface area (TPSA) is 58.1 Å². The van der Waals surface area contributed by atoms with Crippen molar-refractivity contribution >= 4 is 11.7 Å². The first kappa shape index (κ1) is 14.9. The molecule has 0 radical (unpaired) electrons. The maximum Gasteiger partial charge on any atom is 0.258 e. The summed E-state index contributed by atoms with van der Waals surface area (Å²) in [6.45, 7) is 2.84. The predicted molar refractivity (Wildman–Crippen MR) is 78.4 cm³/mol. The third-order valence-electron chi connectivity index (χ3n) is 3.11. The van der Waals surface area contributed by atoms with Crippen LogP contribution >= 0.6 is 0 Å². The van der Waals surface area contributed by atoms with Crippen LogP contribution in [0.4, 0.5) is 10.2 Å². The van der Waals surface area contributed by atoms with Crippen LogP contribution in [0.15, 0.2) is 36.8 Å². The lowest BCUT2D eigenvalue weighted by Gasteiger charge is -2.22. The van der Waals surface area contributed by atoms with Gasteiger partial charge in [0.2, 0.25) is 0 Å². The van der Waals surface area contributed by atoms with Gasteiger partial charge in [0, 0.05) is 32.5 Å². The van der Waals surface area contributed by atoms with Gasteiger partial charge in [0.15, 0.2) is 0 Å². The third-order valence-corrected chi connectivity index (χ3v) is 3.11. The third kappa shape index (κ3) is 3.53. The number of halogens is 1. The second-order valence-corrected chi connectivity index (χ2v) is 4.47. The quantitative estimate of drug-likeness (QED) is 0.917. The Labute approximate surface area is 122 Å². The Hall–Kier alpha value is -2.50. The van der Waals surface area contributed by atoms with Crippen LogP contribution in [0.2, 0.25) is 0 Å². The van der Waals surface area contributed by atoms with Crippen LogP contribution in [0, 0.1) is 5.82 Å². The highest BCUT2D eigenvalue weighted by atomic mass is 19.1. The monoisotopic (exact) mass is 288 g/mol. The number of hydrogen-bond acceptors (Lipinski definition) is 4. The fraction of sp³-hybridized carbons (Fsp3) is 0.267. The summed E-state index contributed by atoms with van der Waals surface area (Å²) in [5, 5.41) is 2.81. The number of carbonyl (C=O) groups is 1. The molecule has 5 nitrogen and oxygen atoms in total. The maximum atomic E-state index is 13.4. The fourth-order valence-electron chi connectivity index (χ4n) is 2.01. The number of carbonyl (C=O) groups excluding carboxylic acids is 1. The van der Waals surface area contributed by atoms with E-state index < -0.39 is 5.82 Å². The number of rotatable bonds is 5. The molecular formula is C15H17FN4O. The van der Waals surface area contributed by atoms with Crippen molar-refractivity contribution in [2.75, 3.05) is 18.9 Å². The Morgan fingerprint density at radius 1 is 1.38 bits per heavy atom. The van der Waals surface area contributed by atoms with Gasteiger partial charge in [0.1, 0.15) is 11.6 Å². The summed E-state index contributed by atoms with van der Waals surface area (Å²) in [5.74, 6) is -0.419. The van der Waals surface area contributed by atoms with E-state index in [1.807, 2.05) is 19.1 Å². The van der Waals surface area contributed by atoms with Gasteiger partial charge in [-0.15, -0.1) is 0 Å². The molecule has 1 N–H and O–H groups in total. The molecule has 0 aliphatic carbocycles. The lowest BCUT2D eigenvalue weighted by Crippen LogP contribution is -2.31. The molecule has 0 spiro atoms. The molecule has 0 unspecified atom stereocenters. The van der Waals surface area contributed by atoms with Crippen molar-refractivity contribution in [3.8, 4) is 0 Å². The minimum Gasteiger partial charge on any atom is -0.372 e. The highest BCUT2D eigenvalue weighted by Gasteiger charge is 2.19. The van der Waals surface area contributed by atoms with Crippen molar-refractivity contribution in [2.24, 2.45) is 0 Å². The SMILES string of the molecule is CCN(Cc1ccncc1)C(=O)c1cc(F)cnc1NC. The first-order valence-electron chi connectivity index (χ1n) is 6.67. The van der Waals surface area contributed by atoms with E-state index in [1.165, 1.54) is 6.07 Å². The number of amides is 1. The smallest absolute Gasteiger partial charge is 0.258 e. The van der Waals surface area contributed by atoms with Crippen molar-refractivity contribution in [3.05, 3.63) is 53.7 Å². The largest absolute Gasteiger partial charge is 0.372 e. The summed E-state index contributed by atoms with van der Waals surface area (Å²) in [6, 6.07) is 4.90. The van der Waals surface area contributed by atoms with Crippen LogP contribution in [0.3, 0.4) is 0 Å². The molecule has 0 bridgehead atoms. The summed E-state index contributed by atoms with van der Waals surface area (Å²) >= 11 is 0. The number of aromatic nitrogens is 2. The van der Waals surface area contributed by atoms with E-state index >= 15 is 0 Å². The van der Waals surface area contributed by atoms with Crippen LogP contribution < -0.4 is 5.32 Å². The van der Waals surface area contributed by atoms with Crippen LogP contribution in [0.1, 0.15) is 22.8 Å². The van der Waals surface area contributed by atoms with E-state index in [4.69, 9.17) is 0 Å². The molecule has 0 atom stereocenters. The van der Waals surface area contributed by atoms with Crippen molar-refractivity contribution in [3.63, 3.8) is 0 Å². The average Bonchev–Trinajstić information content (AvgIpc) is 2.53. The molecule has 0 aliphatic heterocycles. The zero-order valence-corrected chi connectivity index (χ0v) is 12.0. The molecule has 2 heterocycles. The van der Waals surface area contributed by atoms with Gasteiger partial charge in [-0.05, 0) is 30.7 Å². The fourth-order valence-corrected chi connectivity index (χ4v) is 2.01. The molecular weight excluding hydrogens is 271 g/mol. The number of anilines is 1. The van der Waals surface area contributed by atoms with E-state index in [0.717, 1.165) is 11.8 Å². The Bertz CT molecular complexity index is 618. The molecule has 2 rings (SSSR count). The van der Waals surface area contributed by atoms with Gasteiger partial charge in [0.25, 0.3) is 5.91 Å². The molecule has 0 saturated carbocycles. The molecule has 0 saturated heterocycles. The molecule has 21 heavy (non-hydrogen) atoms. The summed E-state index contributed by atoms with van der Waals surface area (Å²) in [5.41, 5.74) is 1.20. The molecule has 6 heteroatoms. The van der Waals surface area contributed by atoms with E-state index in [1.54, 1.807) is 24.3 Å². The molecule has 1 amide bonds. The molecule has 0 aromatic carbocycles. The molecule has 2 aromatic rings. The summed E-state index contributed by atoms with van der Waals surface area (Å²) < 4.78 is 13.4. The first-order chi connectivity index (χ1) is 10.2. The standard InChI is InChI=1S/C15H17FN4O/c1-3-20(10-11-4-6-18-7-5-11)15(21)13-8-12(16)9-19-14(13)17-2/h4-9H,3,10H2,1-2H3,(H,17,19). The van der Waals surface area contributed by atoms with Crippen LogP contribution in [0.5, 0.6) is 0 Å². The van der Waals surface area contributed by atoms with E-state index in [9.17, 15) is 9.18 Å². The van der Waals surface area contributed by atoms with Gasteiger partial charge in [-0.2, -0.15) is 0 Å². The predicted octanol–water partition coefficient (Wildman–Crippen LogP) is 2.32. The number of hydrogen-bond donors (Lipinski definition) is 1. The second kappa shape index (κ2) is 6.78. The lowest BCUT2D eigenvalue weighted by molar-refractivity contribution is 0.0752. The Morgan fingerprint density at radius 3 is 2.71 bits per heavy atom. The van der Waals surface area contributed by atoms with E-state index in [0.29, 0.717) is 18.9 Å². The van der Waals surface area contributed by atoms with Crippen molar-refractivity contribution < 1.29 is 9.18 Å². The number of nitrogens with zero attached hydrogens (tertiary/aromatic N) is 3. The zero-order chi connectivity index (χ0) is 15.2. The Balaban J connectivity index is 2.26. The van der Waals surface area contributed by atoms with Gasteiger partial charge >= 0.3 is 0 Å². The molecule has 0 aliphatic rings. The minimum atomic E-state index is -0.530. The number of pyridine rings is 2. The highest BCUT2D eigenvalue weighted by molar-refractivity contribution is 5.98. The summed E-state index contributed by atoms with van der Waals surface area (Å²) in [4.78, 5) is 22.1. The van der Waals surface area contributed by atoms with Gasteiger partial charge in [-0.25, -0.2) is 9.37 Å². The Kier molecular flexibility index (Phi) is 4.81. The van der Waals surface area contributed by atoms with Gasteiger partial charge in [-0.1, -0.05) is 0 Å². The van der Waals surface area contributed by atoms with Crippen molar-refractivity contribution in [2.45, 2.75) is 13.5 Å². The van der Waals surface area contributed by atoms with Gasteiger partial charge < -0.3 is 10.2 Å². The molecule has 110 valence electrons. The van der Waals surface area contributed by atoms with Crippen LogP contribution in [-0.4, -0.2) is 34.4 Å². The molecule has 0 fully saturated rings. The van der Waals surface area contributed by atoms with Crippen molar-refractivity contribution in [1.82, 2.24) is 14.9 Å². The second-order valence-electron chi connectivity index (χ2n) is 4.47. The van der Waals surface area contributed by atoms with Crippen LogP contribution in [0.25, 0.3) is 0 Å². The minimum absolute atomic E-state index is 0.230. The van der Waals surface area contributed by atoms with E-state index in [-0.39, 0.29) is 11.5 Å². The molecule has 2 aromatic heterocycles. The number of nitrogens with one attached hydrogen (secondary N) is 1. The average molecular weight is 288 g/mol. The normalized spacial score (nSPS) is 10.2. The van der Waals surface area contributed by atoms with Crippen LogP contribution in [-0.2, 0) is 6.54 Å². The van der Waals surface area contributed by atoms with Crippen molar-refractivity contribution in [1.29, 1.82) is 0 Å². The van der Waals surface area contributed by atoms with Gasteiger partial charge in [-0.3, -0.25) is 9.78 Å². The maximum absolute atomic E-state index is 13.4. The summed E-state index contributed by atoms with van der Waals surface area (Å²) in [6.07, 6.45) is 4.44.